The Hall–Kier alpha value is -1.62. The summed E-state index contributed by atoms with van der Waals surface area (Å²) in [6.45, 7) is 1.85. The third-order valence-corrected chi connectivity index (χ3v) is 3.93. The molecule has 0 saturated heterocycles. The van der Waals surface area contributed by atoms with Gasteiger partial charge in [-0.3, -0.25) is 4.79 Å². The van der Waals surface area contributed by atoms with Crippen LogP contribution in [0, 0.1) is 0 Å². The fraction of sp³-hybridized carbons (Fsp3) is 0.250. The van der Waals surface area contributed by atoms with E-state index >= 15 is 0 Å². The zero-order valence-electron chi connectivity index (χ0n) is 12.2. The summed E-state index contributed by atoms with van der Waals surface area (Å²) in [6.07, 6.45) is 1.16. The van der Waals surface area contributed by atoms with E-state index in [1.807, 2.05) is 25.1 Å². The number of pyridine rings is 1. The molecule has 0 saturated carbocycles. The molecular formula is C16H16Cl2N2O2. The van der Waals surface area contributed by atoms with Crippen molar-refractivity contribution in [2.75, 3.05) is 7.11 Å². The fourth-order valence-electron chi connectivity index (χ4n) is 2.22. The van der Waals surface area contributed by atoms with E-state index in [1.165, 1.54) is 6.20 Å². The van der Waals surface area contributed by atoms with Crippen molar-refractivity contribution in [2.45, 2.75) is 19.1 Å². The molecule has 1 amide bonds. The highest BCUT2D eigenvalue weighted by molar-refractivity contribution is 6.32. The molecule has 2 aromatic rings. The molecule has 0 aliphatic rings. The van der Waals surface area contributed by atoms with Gasteiger partial charge in [0, 0.05) is 23.9 Å². The van der Waals surface area contributed by atoms with Gasteiger partial charge >= 0.3 is 0 Å². The van der Waals surface area contributed by atoms with E-state index in [9.17, 15) is 4.79 Å². The van der Waals surface area contributed by atoms with Crippen LogP contribution in [-0.2, 0) is 4.74 Å². The number of carbonyl (C=O) groups excluding carboxylic acids is 1. The minimum atomic E-state index is -0.368. The molecule has 2 rings (SSSR count). The minimum Gasteiger partial charge on any atom is -0.375 e. The van der Waals surface area contributed by atoms with E-state index < -0.39 is 0 Å². The summed E-state index contributed by atoms with van der Waals surface area (Å²) in [6, 6.07) is 10.4. The largest absolute Gasteiger partial charge is 0.375 e. The Morgan fingerprint density at radius 2 is 1.95 bits per heavy atom. The molecule has 116 valence electrons. The molecule has 0 radical (unpaired) electrons. The Morgan fingerprint density at radius 3 is 2.59 bits per heavy atom. The number of rotatable bonds is 5. The Kier molecular flexibility index (Phi) is 5.77. The fourth-order valence-corrected chi connectivity index (χ4v) is 2.67. The molecule has 0 aliphatic heterocycles. The maximum absolute atomic E-state index is 12.3. The zero-order valence-corrected chi connectivity index (χ0v) is 13.7. The molecule has 0 unspecified atom stereocenters. The van der Waals surface area contributed by atoms with Crippen molar-refractivity contribution in [1.82, 2.24) is 10.3 Å². The van der Waals surface area contributed by atoms with E-state index in [0.717, 1.165) is 5.56 Å². The number of nitrogens with zero attached hydrogens (tertiary/aromatic N) is 1. The SMILES string of the molecule is CO[C@H](c1ccccc1Cl)[C@@H](C)NC(=O)c1cccnc1Cl. The highest BCUT2D eigenvalue weighted by atomic mass is 35.5. The molecule has 6 heteroatoms. The monoisotopic (exact) mass is 338 g/mol. The predicted octanol–water partition coefficient (Wildman–Crippen LogP) is 3.89. The average molecular weight is 339 g/mol. The number of hydrogen-bond acceptors (Lipinski definition) is 3. The maximum Gasteiger partial charge on any atom is 0.254 e. The van der Waals surface area contributed by atoms with Gasteiger partial charge in [-0.05, 0) is 25.1 Å². The Labute approximate surface area is 139 Å². The number of hydrogen-bond donors (Lipinski definition) is 1. The van der Waals surface area contributed by atoms with Gasteiger partial charge in [0.05, 0.1) is 11.6 Å². The lowest BCUT2D eigenvalue weighted by atomic mass is 10.0. The molecule has 0 spiro atoms. The second-order valence-electron chi connectivity index (χ2n) is 4.78. The quantitative estimate of drug-likeness (QED) is 0.841. The lowest BCUT2D eigenvalue weighted by molar-refractivity contribution is 0.0645. The van der Waals surface area contributed by atoms with Gasteiger partial charge < -0.3 is 10.1 Å². The molecule has 4 nitrogen and oxygen atoms in total. The number of amides is 1. The van der Waals surface area contributed by atoms with Gasteiger partial charge in [-0.15, -0.1) is 0 Å². The van der Waals surface area contributed by atoms with Crippen molar-refractivity contribution < 1.29 is 9.53 Å². The number of nitrogens with one attached hydrogen (secondary N) is 1. The number of benzene rings is 1. The second kappa shape index (κ2) is 7.58. The van der Waals surface area contributed by atoms with Gasteiger partial charge in [-0.25, -0.2) is 4.98 Å². The van der Waals surface area contributed by atoms with E-state index in [0.29, 0.717) is 10.6 Å². The Balaban J connectivity index is 2.17. The number of methoxy groups -OCH3 is 1. The summed E-state index contributed by atoms with van der Waals surface area (Å²) in [5.41, 5.74) is 1.14. The molecule has 1 N–H and O–H groups in total. The first-order chi connectivity index (χ1) is 10.5. The molecule has 1 aromatic carbocycles. The van der Waals surface area contributed by atoms with Crippen LogP contribution in [0.1, 0.15) is 28.9 Å². The number of halogens is 2. The molecule has 0 aliphatic carbocycles. The van der Waals surface area contributed by atoms with Crippen molar-refractivity contribution in [3.8, 4) is 0 Å². The topological polar surface area (TPSA) is 51.2 Å². The average Bonchev–Trinajstić information content (AvgIpc) is 2.50. The van der Waals surface area contributed by atoms with Crippen LogP contribution in [0.25, 0.3) is 0 Å². The molecule has 0 bridgehead atoms. The molecule has 22 heavy (non-hydrogen) atoms. The highest BCUT2D eigenvalue weighted by Crippen LogP contribution is 2.27. The molecular weight excluding hydrogens is 323 g/mol. The zero-order chi connectivity index (χ0) is 16.1. The second-order valence-corrected chi connectivity index (χ2v) is 5.55. The summed E-state index contributed by atoms with van der Waals surface area (Å²) < 4.78 is 5.50. The predicted molar refractivity (Wildman–Crippen MR) is 87.4 cm³/mol. The van der Waals surface area contributed by atoms with Gasteiger partial charge in [-0.2, -0.15) is 0 Å². The lowest BCUT2D eigenvalue weighted by Gasteiger charge is -2.25. The third-order valence-electron chi connectivity index (χ3n) is 3.28. The van der Waals surface area contributed by atoms with E-state index in [1.54, 1.807) is 25.3 Å². The van der Waals surface area contributed by atoms with Gasteiger partial charge in [-0.1, -0.05) is 41.4 Å². The maximum atomic E-state index is 12.3. The van der Waals surface area contributed by atoms with Crippen molar-refractivity contribution in [1.29, 1.82) is 0 Å². The Bertz CT molecular complexity index is 664. The normalized spacial score (nSPS) is 13.5. The van der Waals surface area contributed by atoms with E-state index in [-0.39, 0.29) is 23.2 Å². The number of aromatic nitrogens is 1. The molecule has 1 aromatic heterocycles. The summed E-state index contributed by atoms with van der Waals surface area (Å²) in [5.74, 6) is -0.306. The lowest BCUT2D eigenvalue weighted by Crippen LogP contribution is -2.38. The van der Waals surface area contributed by atoms with Gasteiger partial charge in [0.1, 0.15) is 11.3 Å². The summed E-state index contributed by atoms with van der Waals surface area (Å²) >= 11 is 12.1. The number of carbonyl (C=O) groups is 1. The first-order valence-electron chi connectivity index (χ1n) is 6.73. The van der Waals surface area contributed by atoms with Crippen molar-refractivity contribution in [2.24, 2.45) is 0 Å². The summed E-state index contributed by atoms with van der Waals surface area (Å²) in [4.78, 5) is 16.2. The number of ether oxygens (including phenoxy) is 1. The first-order valence-corrected chi connectivity index (χ1v) is 7.48. The summed E-state index contributed by atoms with van der Waals surface area (Å²) in [7, 11) is 1.58. The van der Waals surface area contributed by atoms with Gasteiger partial charge in [0.15, 0.2) is 0 Å². The van der Waals surface area contributed by atoms with E-state index in [2.05, 4.69) is 10.3 Å². The third kappa shape index (κ3) is 3.77. The van der Waals surface area contributed by atoms with Crippen LogP contribution in [0.2, 0.25) is 10.2 Å². The highest BCUT2D eigenvalue weighted by Gasteiger charge is 2.23. The van der Waals surface area contributed by atoms with Gasteiger partial charge in [0.25, 0.3) is 5.91 Å². The molecule has 0 fully saturated rings. The van der Waals surface area contributed by atoms with Crippen LogP contribution >= 0.6 is 23.2 Å². The minimum absolute atomic E-state index is 0.166. The standard InChI is InChI=1S/C16H16Cl2N2O2/c1-10(14(22-2)11-6-3-4-8-13(11)17)20-16(21)12-7-5-9-19-15(12)18/h3-10,14H,1-2H3,(H,20,21)/t10-,14+/m1/s1. The first kappa shape index (κ1) is 16.7. The smallest absolute Gasteiger partial charge is 0.254 e. The van der Waals surface area contributed by atoms with Crippen LogP contribution in [0.3, 0.4) is 0 Å². The van der Waals surface area contributed by atoms with E-state index in [4.69, 9.17) is 27.9 Å². The van der Waals surface area contributed by atoms with Crippen LogP contribution in [0.15, 0.2) is 42.6 Å². The van der Waals surface area contributed by atoms with Gasteiger partial charge in [0.2, 0.25) is 0 Å². The molecule has 1 heterocycles. The van der Waals surface area contributed by atoms with Crippen LogP contribution in [-0.4, -0.2) is 24.0 Å². The van der Waals surface area contributed by atoms with Crippen molar-refractivity contribution >= 4 is 29.1 Å². The van der Waals surface area contributed by atoms with Crippen LogP contribution < -0.4 is 5.32 Å². The van der Waals surface area contributed by atoms with Crippen molar-refractivity contribution in [3.63, 3.8) is 0 Å². The van der Waals surface area contributed by atoms with Crippen LogP contribution in [0.4, 0.5) is 0 Å². The van der Waals surface area contributed by atoms with Crippen molar-refractivity contribution in [3.05, 3.63) is 63.9 Å². The van der Waals surface area contributed by atoms with Crippen LogP contribution in [0.5, 0.6) is 0 Å². The molecule has 2 atom stereocenters. The Morgan fingerprint density at radius 1 is 1.23 bits per heavy atom. The summed E-state index contributed by atoms with van der Waals surface area (Å²) in [5, 5.41) is 3.62.